The summed E-state index contributed by atoms with van der Waals surface area (Å²) in [6.07, 6.45) is 11.8. The van der Waals surface area contributed by atoms with Gasteiger partial charge in [0.05, 0.1) is 0 Å². The van der Waals surface area contributed by atoms with Gasteiger partial charge in [-0.1, -0.05) is 62.5 Å². The molecular formula is C14H26. The standard InChI is InChI=1S/C8H12.C4H8.C2H6/c1-4-6-8(3)7-5-2;1-3-4-2;1-2/h4-7H,1H2,2-3H3;3-4H,1-2H3;1-2H3/b7-5-,8-6-;4-3-;. The zero-order valence-corrected chi connectivity index (χ0v) is 10.7. The molecule has 0 aromatic carbocycles. The fourth-order valence-electron chi connectivity index (χ4n) is 0.504. The summed E-state index contributed by atoms with van der Waals surface area (Å²) in [5.74, 6) is 0. The first kappa shape index (κ1) is 18.7. The van der Waals surface area contributed by atoms with Gasteiger partial charge >= 0.3 is 0 Å². The molecule has 0 aromatic rings. The molecule has 0 amide bonds. The Morgan fingerprint density at radius 2 is 1.36 bits per heavy atom. The number of rotatable bonds is 2. The second-order valence-electron chi connectivity index (χ2n) is 2.31. The first-order chi connectivity index (χ1) is 6.72. The lowest BCUT2D eigenvalue weighted by Gasteiger charge is -1.82. The molecule has 0 spiro atoms. The van der Waals surface area contributed by atoms with Crippen LogP contribution in [0.4, 0.5) is 0 Å². The van der Waals surface area contributed by atoms with Crippen molar-refractivity contribution < 1.29 is 0 Å². The van der Waals surface area contributed by atoms with Crippen LogP contribution in [-0.2, 0) is 0 Å². The maximum absolute atomic E-state index is 3.57. The SMILES string of the molecule is C/C=C\C.C=C/C=C(C)\C=C/C.CC. The Labute approximate surface area is 90.7 Å². The highest BCUT2D eigenvalue weighted by molar-refractivity contribution is 5.19. The zero-order valence-electron chi connectivity index (χ0n) is 10.7. The topological polar surface area (TPSA) is 0 Å². The van der Waals surface area contributed by atoms with E-state index in [4.69, 9.17) is 0 Å². The highest BCUT2D eigenvalue weighted by Crippen LogP contribution is 1.92. The summed E-state index contributed by atoms with van der Waals surface area (Å²) in [6.45, 7) is 15.6. The van der Waals surface area contributed by atoms with Gasteiger partial charge in [-0.05, 0) is 27.7 Å². The molecule has 0 heterocycles. The van der Waals surface area contributed by atoms with Crippen molar-refractivity contribution in [2.24, 2.45) is 0 Å². The van der Waals surface area contributed by atoms with Crippen molar-refractivity contribution >= 4 is 0 Å². The molecule has 0 saturated carbocycles. The smallest absolute Gasteiger partial charge is 0.0398 e. The van der Waals surface area contributed by atoms with E-state index in [1.165, 1.54) is 5.57 Å². The minimum absolute atomic E-state index is 1.24. The van der Waals surface area contributed by atoms with E-state index in [1.54, 1.807) is 6.08 Å². The predicted molar refractivity (Wildman–Crippen MR) is 70.6 cm³/mol. The third-order valence-corrected chi connectivity index (χ3v) is 1.14. The highest BCUT2D eigenvalue weighted by atomic mass is 13.8. The van der Waals surface area contributed by atoms with Gasteiger partial charge in [-0.2, -0.15) is 0 Å². The fourth-order valence-corrected chi connectivity index (χ4v) is 0.504. The van der Waals surface area contributed by atoms with Crippen LogP contribution in [0, 0.1) is 0 Å². The molecule has 0 radical (unpaired) electrons. The van der Waals surface area contributed by atoms with Crippen LogP contribution in [0.15, 0.2) is 48.6 Å². The number of hydrogen-bond donors (Lipinski definition) is 0. The highest BCUT2D eigenvalue weighted by Gasteiger charge is 1.71. The summed E-state index contributed by atoms with van der Waals surface area (Å²) < 4.78 is 0. The molecule has 0 aliphatic rings. The van der Waals surface area contributed by atoms with Crippen LogP contribution in [0.5, 0.6) is 0 Å². The average molecular weight is 194 g/mol. The Morgan fingerprint density at radius 3 is 1.57 bits per heavy atom. The molecular weight excluding hydrogens is 168 g/mol. The van der Waals surface area contributed by atoms with Crippen LogP contribution >= 0.6 is 0 Å². The van der Waals surface area contributed by atoms with Crippen LogP contribution < -0.4 is 0 Å². The molecule has 0 heteroatoms. The monoisotopic (exact) mass is 194 g/mol. The fraction of sp³-hybridized carbons (Fsp3) is 0.429. The van der Waals surface area contributed by atoms with E-state index < -0.39 is 0 Å². The lowest BCUT2D eigenvalue weighted by atomic mass is 10.2. The summed E-state index contributed by atoms with van der Waals surface area (Å²) >= 11 is 0. The van der Waals surface area contributed by atoms with Crippen LogP contribution in [0.25, 0.3) is 0 Å². The van der Waals surface area contributed by atoms with E-state index in [1.807, 2.05) is 71.9 Å². The number of hydrogen-bond acceptors (Lipinski definition) is 0. The van der Waals surface area contributed by atoms with Gasteiger partial charge in [0.25, 0.3) is 0 Å². The third kappa shape index (κ3) is 30.6. The summed E-state index contributed by atoms with van der Waals surface area (Å²) in [6, 6.07) is 0. The van der Waals surface area contributed by atoms with E-state index in [-0.39, 0.29) is 0 Å². The van der Waals surface area contributed by atoms with Crippen molar-refractivity contribution in [1.29, 1.82) is 0 Å². The largest absolute Gasteiger partial charge is 0.0991 e. The van der Waals surface area contributed by atoms with E-state index in [2.05, 4.69) is 6.58 Å². The molecule has 0 atom stereocenters. The van der Waals surface area contributed by atoms with Crippen molar-refractivity contribution in [1.82, 2.24) is 0 Å². The van der Waals surface area contributed by atoms with Crippen molar-refractivity contribution in [2.75, 3.05) is 0 Å². The number of allylic oxidation sites excluding steroid dienone is 7. The lowest BCUT2D eigenvalue weighted by molar-refractivity contribution is 1.50. The summed E-state index contributed by atoms with van der Waals surface area (Å²) in [5.41, 5.74) is 1.24. The van der Waals surface area contributed by atoms with Gasteiger partial charge in [0.2, 0.25) is 0 Å². The van der Waals surface area contributed by atoms with Gasteiger partial charge in [0.15, 0.2) is 0 Å². The Balaban J connectivity index is -0.000000170. The zero-order chi connectivity index (χ0) is 11.8. The van der Waals surface area contributed by atoms with Crippen LogP contribution in [0.3, 0.4) is 0 Å². The van der Waals surface area contributed by atoms with Crippen LogP contribution in [0.2, 0.25) is 0 Å². The minimum Gasteiger partial charge on any atom is -0.0991 e. The second-order valence-corrected chi connectivity index (χ2v) is 2.31. The van der Waals surface area contributed by atoms with Gasteiger partial charge in [-0.15, -0.1) is 0 Å². The van der Waals surface area contributed by atoms with Crippen molar-refractivity contribution in [3.05, 3.63) is 48.6 Å². The van der Waals surface area contributed by atoms with E-state index in [0.717, 1.165) is 0 Å². The van der Waals surface area contributed by atoms with Crippen molar-refractivity contribution in [3.8, 4) is 0 Å². The molecule has 0 saturated heterocycles. The molecule has 0 fully saturated rings. The minimum atomic E-state index is 1.24. The second kappa shape index (κ2) is 22.7. The van der Waals surface area contributed by atoms with Crippen LogP contribution in [0.1, 0.15) is 41.5 Å². The van der Waals surface area contributed by atoms with Gasteiger partial charge in [0, 0.05) is 0 Å². The molecule has 0 unspecified atom stereocenters. The Morgan fingerprint density at radius 1 is 0.929 bits per heavy atom. The molecule has 0 bridgehead atoms. The van der Waals surface area contributed by atoms with Crippen molar-refractivity contribution in [2.45, 2.75) is 41.5 Å². The maximum atomic E-state index is 3.57. The van der Waals surface area contributed by atoms with Gasteiger partial charge < -0.3 is 0 Å². The Bertz CT molecular complexity index is 164. The van der Waals surface area contributed by atoms with Gasteiger partial charge in [0.1, 0.15) is 0 Å². The van der Waals surface area contributed by atoms with Gasteiger partial charge in [-0.3, -0.25) is 0 Å². The first-order valence-electron chi connectivity index (χ1n) is 5.22. The summed E-state index contributed by atoms with van der Waals surface area (Å²) in [7, 11) is 0. The molecule has 14 heavy (non-hydrogen) atoms. The third-order valence-electron chi connectivity index (χ3n) is 1.14. The average Bonchev–Trinajstić information content (AvgIpc) is 2.22. The summed E-state index contributed by atoms with van der Waals surface area (Å²) in [4.78, 5) is 0. The lowest BCUT2D eigenvalue weighted by Crippen LogP contribution is -1.61. The molecule has 0 aromatic heterocycles. The Kier molecular flexibility index (Phi) is 30.3. The molecule has 0 aliphatic carbocycles. The molecule has 0 N–H and O–H groups in total. The molecule has 0 nitrogen and oxygen atoms in total. The quantitative estimate of drug-likeness (QED) is 0.413. The molecule has 0 aliphatic heterocycles. The van der Waals surface area contributed by atoms with E-state index in [9.17, 15) is 0 Å². The van der Waals surface area contributed by atoms with Gasteiger partial charge in [-0.25, -0.2) is 0 Å². The van der Waals surface area contributed by atoms with Crippen LogP contribution in [-0.4, -0.2) is 0 Å². The predicted octanol–water partition coefficient (Wildman–Crippen LogP) is 5.30. The van der Waals surface area contributed by atoms with E-state index >= 15 is 0 Å². The van der Waals surface area contributed by atoms with E-state index in [0.29, 0.717) is 0 Å². The molecule has 82 valence electrons. The Hall–Kier alpha value is -1.04. The summed E-state index contributed by atoms with van der Waals surface area (Å²) in [5, 5.41) is 0. The maximum Gasteiger partial charge on any atom is -0.0398 e. The normalized spacial score (nSPS) is 10.3. The first-order valence-corrected chi connectivity index (χ1v) is 5.22. The van der Waals surface area contributed by atoms with Crippen molar-refractivity contribution in [3.63, 3.8) is 0 Å². The molecule has 0 rings (SSSR count).